The van der Waals surface area contributed by atoms with E-state index in [0.717, 1.165) is 18.7 Å². The number of carbonyl (C=O) groups is 1. The second-order valence-corrected chi connectivity index (χ2v) is 2.92. The Bertz CT molecular complexity index is 396. The number of carboxylic acids is 1. The van der Waals surface area contributed by atoms with Crippen molar-refractivity contribution in [2.24, 2.45) is 0 Å². The molecule has 0 aromatic carbocycles. The summed E-state index contributed by atoms with van der Waals surface area (Å²) in [5.74, 6) is 3.51. The van der Waals surface area contributed by atoms with Crippen molar-refractivity contribution in [2.75, 3.05) is 0 Å². The number of aromatic nitrogens is 2. The summed E-state index contributed by atoms with van der Waals surface area (Å²) in [6.45, 7) is 4.78. The lowest BCUT2D eigenvalue weighted by molar-refractivity contribution is -0.130. The van der Waals surface area contributed by atoms with Crippen LogP contribution in [0.15, 0.2) is 6.20 Å². The predicted octanol–water partition coefficient (Wildman–Crippen LogP) is 1.04. The minimum Gasteiger partial charge on any atom is -0.472 e. The van der Waals surface area contributed by atoms with Gasteiger partial charge in [0, 0.05) is 12.5 Å². The summed E-state index contributed by atoms with van der Waals surface area (Å²) in [5, 5.41) is 12.5. The van der Waals surface area contributed by atoms with Gasteiger partial charge in [-0.15, -0.1) is 0 Å². The molecule has 4 heteroatoms. The fourth-order valence-electron chi connectivity index (χ4n) is 1.13. The van der Waals surface area contributed by atoms with E-state index in [4.69, 9.17) is 5.11 Å². The number of aryl methyl sites for hydroxylation is 1. The van der Waals surface area contributed by atoms with Crippen molar-refractivity contribution in [3.8, 4) is 11.8 Å². The first-order valence-electron chi connectivity index (χ1n) is 4.42. The fraction of sp³-hybridized carbons (Fsp3) is 0.400. The smallest absolute Gasteiger partial charge is 0.382 e. The van der Waals surface area contributed by atoms with Crippen molar-refractivity contribution in [3.05, 3.63) is 17.5 Å². The molecule has 0 aliphatic heterocycles. The van der Waals surface area contributed by atoms with Gasteiger partial charge in [-0.2, -0.15) is 5.10 Å². The summed E-state index contributed by atoms with van der Waals surface area (Å²) in [6, 6.07) is 0. The monoisotopic (exact) mass is 192 g/mol. The van der Waals surface area contributed by atoms with E-state index in [2.05, 4.69) is 23.9 Å². The minimum atomic E-state index is -1.12. The molecule has 4 nitrogen and oxygen atoms in total. The Labute approximate surface area is 82.5 Å². The average molecular weight is 192 g/mol. The lowest BCUT2D eigenvalue weighted by Gasteiger charge is -1.99. The zero-order chi connectivity index (χ0) is 10.6. The predicted molar refractivity (Wildman–Crippen MR) is 51.8 cm³/mol. The number of hydrogen-bond donors (Lipinski definition) is 1. The zero-order valence-corrected chi connectivity index (χ0v) is 8.24. The van der Waals surface area contributed by atoms with Gasteiger partial charge in [-0.1, -0.05) is 12.8 Å². The van der Waals surface area contributed by atoms with Crippen LogP contribution in [0.1, 0.15) is 24.6 Å². The van der Waals surface area contributed by atoms with Crippen LogP contribution < -0.4 is 0 Å². The lowest BCUT2D eigenvalue weighted by Crippen LogP contribution is -2.01. The first kappa shape index (κ1) is 10.3. The molecular formula is C10H12N2O2. The molecule has 0 saturated heterocycles. The molecule has 0 bridgehead atoms. The first-order valence-corrected chi connectivity index (χ1v) is 4.42. The molecule has 1 N–H and O–H groups in total. The van der Waals surface area contributed by atoms with Crippen molar-refractivity contribution in [1.29, 1.82) is 0 Å². The summed E-state index contributed by atoms with van der Waals surface area (Å²) in [5.41, 5.74) is 1.60. The molecule has 1 rings (SSSR count). The maximum absolute atomic E-state index is 10.2. The van der Waals surface area contributed by atoms with E-state index < -0.39 is 5.97 Å². The number of rotatable bonds is 2. The third-order valence-electron chi connectivity index (χ3n) is 1.84. The first-order chi connectivity index (χ1) is 6.65. The Morgan fingerprint density at radius 2 is 2.43 bits per heavy atom. The standard InChI is InChI=1S/C10H12N2O2/c1-3-6-12-8(2)9(7-11-12)4-5-10(13)14/h7H,3,6H2,1-2H3,(H,13,14). The van der Waals surface area contributed by atoms with Crippen LogP contribution in [0.3, 0.4) is 0 Å². The highest BCUT2D eigenvalue weighted by atomic mass is 16.4. The van der Waals surface area contributed by atoms with E-state index in [9.17, 15) is 4.79 Å². The van der Waals surface area contributed by atoms with Gasteiger partial charge in [0.25, 0.3) is 0 Å². The molecule has 0 spiro atoms. The number of aliphatic carboxylic acids is 1. The molecular weight excluding hydrogens is 180 g/mol. The largest absolute Gasteiger partial charge is 0.472 e. The molecule has 1 aromatic rings. The molecule has 0 radical (unpaired) electrons. The summed E-state index contributed by atoms with van der Waals surface area (Å²) < 4.78 is 1.83. The third-order valence-corrected chi connectivity index (χ3v) is 1.84. The van der Waals surface area contributed by atoms with Crippen LogP contribution in [-0.4, -0.2) is 20.9 Å². The van der Waals surface area contributed by atoms with Gasteiger partial charge in [0.05, 0.1) is 17.5 Å². The Hall–Kier alpha value is -1.76. The highest BCUT2D eigenvalue weighted by Gasteiger charge is 2.02. The Morgan fingerprint density at radius 3 is 3.00 bits per heavy atom. The van der Waals surface area contributed by atoms with Crippen molar-refractivity contribution >= 4 is 5.97 Å². The van der Waals surface area contributed by atoms with Crippen molar-refractivity contribution in [3.63, 3.8) is 0 Å². The van der Waals surface area contributed by atoms with E-state index >= 15 is 0 Å². The van der Waals surface area contributed by atoms with E-state index in [1.807, 2.05) is 11.6 Å². The highest BCUT2D eigenvalue weighted by Crippen LogP contribution is 2.05. The summed E-state index contributed by atoms with van der Waals surface area (Å²) in [4.78, 5) is 10.2. The molecule has 0 fully saturated rings. The molecule has 1 heterocycles. The van der Waals surface area contributed by atoms with E-state index in [-0.39, 0.29) is 0 Å². The van der Waals surface area contributed by atoms with Crippen LogP contribution in [0.25, 0.3) is 0 Å². The van der Waals surface area contributed by atoms with Gasteiger partial charge < -0.3 is 5.11 Å². The maximum atomic E-state index is 10.2. The SMILES string of the molecule is CCCn1ncc(C#CC(=O)O)c1C. The Kier molecular flexibility index (Phi) is 3.29. The van der Waals surface area contributed by atoms with E-state index in [0.29, 0.717) is 5.56 Å². The van der Waals surface area contributed by atoms with Crippen molar-refractivity contribution in [1.82, 2.24) is 9.78 Å². The molecule has 74 valence electrons. The maximum Gasteiger partial charge on any atom is 0.382 e. The molecule has 0 unspecified atom stereocenters. The molecule has 0 aliphatic carbocycles. The number of hydrogen-bond acceptors (Lipinski definition) is 2. The van der Waals surface area contributed by atoms with Crippen molar-refractivity contribution in [2.45, 2.75) is 26.8 Å². The second kappa shape index (κ2) is 4.47. The quantitative estimate of drug-likeness (QED) is 0.712. The number of carboxylic acid groups (broad SMARTS) is 1. The Balaban J connectivity index is 2.91. The van der Waals surface area contributed by atoms with Crippen LogP contribution in [0, 0.1) is 18.8 Å². The molecule has 0 atom stereocenters. The second-order valence-electron chi connectivity index (χ2n) is 2.92. The van der Waals surface area contributed by atoms with Gasteiger partial charge in [-0.3, -0.25) is 4.68 Å². The van der Waals surface area contributed by atoms with E-state index in [1.165, 1.54) is 0 Å². The lowest BCUT2D eigenvalue weighted by atomic mass is 10.2. The van der Waals surface area contributed by atoms with Crippen LogP contribution >= 0.6 is 0 Å². The van der Waals surface area contributed by atoms with Crippen LogP contribution in [0.2, 0.25) is 0 Å². The third kappa shape index (κ3) is 2.36. The average Bonchev–Trinajstić information content (AvgIpc) is 2.46. The normalized spacial score (nSPS) is 9.29. The minimum absolute atomic E-state index is 0.681. The molecule has 0 aliphatic rings. The van der Waals surface area contributed by atoms with Gasteiger partial charge in [0.1, 0.15) is 0 Å². The molecule has 14 heavy (non-hydrogen) atoms. The highest BCUT2D eigenvalue weighted by molar-refractivity contribution is 5.87. The van der Waals surface area contributed by atoms with Crippen LogP contribution in [-0.2, 0) is 11.3 Å². The van der Waals surface area contributed by atoms with Gasteiger partial charge in [0.15, 0.2) is 0 Å². The molecule has 0 amide bonds. The Morgan fingerprint density at radius 1 is 1.71 bits per heavy atom. The van der Waals surface area contributed by atoms with Crippen molar-refractivity contribution < 1.29 is 9.90 Å². The summed E-state index contributed by atoms with van der Waals surface area (Å²) >= 11 is 0. The van der Waals surface area contributed by atoms with Gasteiger partial charge in [-0.25, -0.2) is 4.79 Å². The summed E-state index contributed by atoms with van der Waals surface area (Å²) in [6.07, 6.45) is 2.59. The zero-order valence-electron chi connectivity index (χ0n) is 8.24. The van der Waals surface area contributed by atoms with E-state index in [1.54, 1.807) is 6.20 Å². The molecule has 1 aromatic heterocycles. The van der Waals surface area contributed by atoms with Gasteiger partial charge in [-0.05, 0) is 13.3 Å². The van der Waals surface area contributed by atoms with Gasteiger partial charge in [0.2, 0.25) is 0 Å². The number of nitrogens with zero attached hydrogens (tertiary/aromatic N) is 2. The molecule has 0 saturated carbocycles. The van der Waals surface area contributed by atoms with Crippen LogP contribution in [0.4, 0.5) is 0 Å². The van der Waals surface area contributed by atoms with Gasteiger partial charge >= 0.3 is 5.97 Å². The summed E-state index contributed by atoms with van der Waals surface area (Å²) in [7, 11) is 0. The fourth-order valence-corrected chi connectivity index (χ4v) is 1.13. The van der Waals surface area contributed by atoms with Crippen LogP contribution in [0.5, 0.6) is 0 Å². The topological polar surface area (TPSA) is 55.1 Å².